The molecule has 1 N–H and O–H groups in total. The van der Waals surface area contributed by atoms with E-state index in [9.17, 15) is 4.39 Å². The Morgan fingerprint density at radius 2 is 2.30 bits per heavy atom. The molecule has 1 aliphatic rings. The smallest absolute Gasteiger partial charge is 0.193 e. The molecule has 7 heteroatoms. The summed E-state index contributed by atoms with van der Waals surface area (Å²) in [7, 11) is 2.03. The van der Waals surface area contributed by atoms with Crippen LogP contribution in [-0.2, 0) is 11.3 Å². The maximum atomic E-state index is 13.2. The van der Waals surface area contributed by atoms with Crippen LogP contribution in [0.2, 0.25) is 5.02 Å². The van der Waals surface area contributed by atoms with Gasteiger partial charge in [-0.25, -0.2) is 9.38 Å². The molecule has 1 saturated heterocycles. The second kappa shape index (κ2) is 10.3. The molecular formula is C16H24ClFIN3O. The van der Waals surface area contributed by atoms with E-state index in [-0.39, 0.29) is 29.0 Å². The van der Waals surface area contributed by atoms with Crippen molar-refractivity contribution < 1.29 is 9.13 Å². The van der Waals surface area contributed by atoms with Gasteiger partial charge in [-0.15, -0.1) is 24.0 Å². The Labute approximate surface area is 159 Å². The molecule has 0 bridgehead atoms. The fourth-order valence-corrected chi connectivity index (χ4v) is 2.68. The Bertz CT molecular complexity index is 524. The zero-order valence-corrected chi connectivity index (χ0v) is 16.6. The van der Waals surface area contributed by atoms with Crippen LogP contribution in [0.5, 0.6) is 0 Å². The number of aliphatic imine (C=N–C) groups is 1. The summed E-state index contributed by atoms with van der Waals surface area (Å²) in [4.78, 5) is 6.73. The van der Waals surface area contributed by atoms with Crippen molar-refractivity contribution in [1.82, 2.24) is 10.2 Å². The molecule has 0 spiro atoms. The molecule has 0 saturated carbocycles. The van der Waals surface area contributed by atoms with Gasteiger partial charge in [0.1, 0.15) is 5.82 Å². The van der Waals surface area contributed by atoms with Crippen LogP contribution in [0, 0.1) is 11.7 Å². The number of nitrogens with one attached hydrogen (secondary N) is 1. The van der Waals surface area contributed by atoms with Gasteiger partial charge in [0.15, 0.2) is 5.96 Å². The van der Waals surface area contributed by atoms with E-state index in [0.29, 0.717) is 12.5 Å². The summed E-state index contributed by atoms with van der Waals surface area (Å²) in [5.41, 5.74) is 0.888. The maximum absolute atomic E-state index is 13.2. The second-order valence-electron chi connectivity index (χ2n) is 5.53. The van der Waals surface area contributed by atoms with E-state index in [1.165, 1.54) is 6.07 Å². The fourth-order valence-electron chi connectivity index (χ4n) is 2.47. The van der Waals surface area contributed by atoms with Crippen LogP contribution in [0.4, 0.5) is 4.39 Å². The number of halogens is 3. The van der Waals surface area contributed by atoms with Crippen molar-refractivity contribution >= 4 is 41.5 Å². The van der Waals surface area contributed by atoms with Crippen LogP contribution in [0.1, 0.15) is 18.9 Å². The molecule has 1 fully saturated rings. The Morgan fingerprint density at radius 1 is 1.52 bits per heavy atom. The summed E-state index contributed by atoms with van der Waals surface area (Å²) in [6, 6.07) is 4.70. The monoisotopic (exact) mass is 455 g/mol. The van der Waals surface area contributed by atoms with Gasteiger partial charge < -0.3 is 15.0 Å². The number of ether oxygens (including phenoxy) is 1. The van der Waals surface area contributed by atoms with Gasteiger partial charge in [-0.05, 0) is 31.0 Å². The fraction of sp³-hybridized carbons (Fsp3) is 0.562. The van der Waals surface area contributed by atoms with Crippen LogP contribution in [-0.4, -0.2) is 44.2 Å². The number of rotatable bonds is 5. The van der Waals surface area contributed by atoms with Crippen molar-refractivity contribution in [3.63, 3.8) is 0 Å². The van der Waals surface area contributed by atoms with Crippen LogP contribution in [0.25, 0.3) is 0 Å². The highest BCUT2D eigenvalue weighted by atomic mass is 127. The quantitative estimate of drug-likeness (QED) is 0.419. The molecule has 1 unspecified atom stereocenters. The van der Waals surface area contributed by atoms with E-state index >= 15 is 0 Å². The molecule has 4 nitrogen and oxygen atoms in total. The summed E-state index contributed by atoms with van der Waals surface area (Å²) in [6.07, 6.45) is 1.09. The van der Waals surface area contributed by atoms with Gasteiger partial charge in [-0.1, -0.05) is 17.7 Å². The number of nitrogens with zero attached hydrogens (tertiary/aromatic N) is 2. The molecule has 1 aliphatic heterocycles. The molecule has 1 aromatic rings. The molecule has 1 heterocycles. The van der Waals surface area contributed by atoms with Crippen LogP contribution < -0.4 is 5.32 Å². The minimum Gasteiger partial charge on any atom is -0.381 e. The van der Waals surface area contributed by atoms with Crippen LogP contribution in [0.15, 0.2) is 23.2 Å². The number of guanidine groups is 1. The molecule has 0 aliphatic carbocycles. The average molecular weight is 456 g/mol. The highest BCUT2D eigenvalue weighted by molar-refractivity contribution is 14.0. The summed E-state index contributed by atoms with van der Waals surface area (Å²) in [5, 5.41) is 3.41. The SMILES string of the molecule is CCNC(=NCc1ccc(F)c(Cl)c1)N(C)CC1CCOC1.I. The summed E-state index contributed by atoms with van der Waals surface area (Å²) in [5.74, 6) is 0.989. The number of hydrogen-bond acceptors (Lipinski definition) is 2. The van der Waals surface area contributed by atoms with Crippen molar-refractivity contribution in [3.05, 3.63) is 34.6 Å². The third kappa shape index (κ3) is 6.43. The first-order chi connectivity index (χ1) is 10.6. The summed E-state index contributed by atoms with van der Waals surface area (Å²) < 4.78 is 18.6. The summed E-state index contributed by atoms with van der Waals surface area (Å²) in [6.45, 7) is 5.88. The average Bonchev–Trinajstić information content (AvgIpc) is 2.99. The molecule has 0 aromatic heterocycles. The maximum Gasteiger partial charge on any atom is 0.193 e. The van der Waals surface area contributed by atoms with E-state index in [0.717, 1.165) is 44.2 Å². The lowest BCUT2D eigenvalue weighted by Gasteiger charge is -2.24. The van der Waals surface area contributed by atoms with Crippen molar-refractivity contribution in [1.29, 1.82) is 0 Å². The zero-order chi connectivity index (χ0) is 15.9. The predicted molar refractivity (Wildman–Crippen MR) is 103 cm³/mol. The lowest BCUT2D eigenvalue weighted by Crippen LogP contribution is -2.41. The Hall–Kier alpha value is -0.600. The molecule has 23 heavy (non-hydrogen) atoms. The van der Waals surface area contributed by atoms with E-state index in [4.69, 9.17) is 16.3 Å². The lowest BCUT2D eigenvalue weighted by atomic mass is 10.1. The Balaban J connectivity index is 0.00000264. The van der Waals surface area contributed by atoms with Gasteiger partial charge in [-0.2, -0.15) is 0 Å². The van der Waals surface area contributed by atoms with Crippen LogP contribution >= 0.6 is 35.6 Å². The number of benzene rings is 1. The molecule has 130 valence electrons. The standard InChI is InChI=1S/C16H23ClFN3O.HI/c1-3-19-16(21(2)10-13-6-7-22-11-13)20-9-12-4-5-15(18)14(17)8-12;/h4-5,8,13H,3,6-7,9-11H2,1-2H3,(H,19,20);1H. The normalized spacial score (nSPS) is 17.7. The first kappa shape index (κ1) is 20.4. The van der Waals surface area contributed by atoms with Crippen LogP contribution in [0.3, 0.4) is 0 Å². The van der Waals surface area contributed by atoms with E-state index in [2.05, 4.69) is 15.2 Å². The first-order valence-electron chi connectivity index (χ1n) is 7.61. The van der Waals surface area contributed by atoms with Gasteiger partial charge in [0.2, 0.25) is 0 Å². The minimum atomic E-state index is -0.403. The number of hydrogen-bond donors (Lipinski definition) is 1. The van der Waals surface area contributed by atoms with Gasteiger partial charge in [0.05, 0.1) is 18.2 Å². The largest absolute Gasteiger partial charge is 0.381 e. The van der Waals surface area contributed by atoms with Crippen molar-refractivity contribution in [3.8, 4) is 0 Å². The molecular weight excluding hydrogens is 432 g/mol. The molecule has 1 aromatic carbocycles. The van der Waals surface area contributed by atoms with E-state index in [1.54, 1.807) is 12.1 Å². The third-order valence-electron chi connectivity index (χ3n) is 3.65. The molecule has 0 amide bonds. The van der Waals surface area contributed by atoms with Crippen molar-refractivity contribution in [2.45, 2.75) is 19.9 Å². The van der Waals surface area contributed by atoms with E-state index in [1.807, 2.05) is 14.0 Å². The predicted octanol–water partition coefficient (Wildman–Crippen LogP) is 3.53. The van der Waals surface area contributed by atoms with E-state index < -0.39 is 5.82 Å². The molecule has 1 atom stereocenters. The molecule has 0 radical (unpaired) electrons. The highest BCUT2D eigenvalue weighted by Gasteiger charge is 2.19. The van der Waals surface area contributed by atoms with Gasteiger partial charge in [0.25, 0.3) is 0 Å². The highest BCUT2D eigenvalue weighted by Crippen LogP contribution is 2.17. The third-order valence-corrected chi connectivity index (χ3v) is 3.94. The van der Waals surface area contributed by atoms with Gasteiger partial charge in [0, 0.05) is 32.7 Å². The Kier molecular flexibility index (Phi) is 9.16. The topological polar surface area (TPSA) is 36.9 Å². The minimum absolute atomic E-state index is 0. The van der Waals surface area contributed by atoms with Crippen molar-refractivity contribution in [2.24, 2.45) is 10.9 Å². The van der Waals surface area contributed by atoms with Gasteiger partial charge >= 0.3 is 0 Å². The molecule has 2 rings (SSSR count). The second-order valence-corrected chi connectivity index (χ2v) is 5.94. The summed E-state index contributed by atoms with van der Waals surface area (Å²) >= 11 is 5.80. The van der Waals surface area contributed by atoms with Crippen molar-refractivity contribution in [2.75, 3.05) is 33.4 Å². The first-order valence-corrected chi connectivity index (χ1v) is 7.99. The van der Waals surface area contributed by atoms with Gasteiger partial charge in [-0.3, -0.25) is 0 Å². The Morgan fingerprint density at radius 3 is 2.91 bits per heavy atom. The zero-order valence-electron chi connectivity index (χ0n) is 13.5. The lowest BCUT2D eigenvalue weighted by molar-refractivity contribution is 0.181.